The van der Waals surface area contributed by atoms with Crippen molar-refractivity contribution in [3.63, 3.8) is 0 Å². The molecule has 0 amide bonds. The highest BCUT2D eigenvalue weighted by atomic mass is 16.6. The van der Waals surface area contributed by atoms with E-state index in [-0.39, 0.29) is 31.6 Å². The molecule has 0 aromatic rings. The highest BCUT2D eigenvalue weighted by Crippen LogP contribution is 2.14. The van der Waals surface area contributed by atoms with E-state index in [4.69, 9.17) is 14.2 Å². The van der Waals surface area contributed by atoms with Gasteiger partial charge in [-0.1, -0.05) is 221 Å². The van der Waals surface area contributed by atoms with Crippen molar-refractivity contribution in [3.05, 3.63) is 97.2 Å². The first-order valence-corrected chi connectivity index (χ1v) is 24.8. The van der Waals surface area contributed by atoms with Crippen LogP contribution in [0.15, 0.2) is 97.2 Å². The monoisotopic (exact) mass is 833 g/mol. The third-order valence-electron chi connectivity index (χ3n) is 10.1. The van der Waals surface area contributed by atoms with Gasteiger partial charge in [-0.15, -0.1) is 0 Å². The molecule has 1 atom stereocenters. The molecule has 0 aliphatic rings. The van der Waals surface area contributed by atoms with Gasteiger partial charge in [-0.25, -0.2) is 0 Å². The summed E-state index contributed by atoms with van der Waals surface area (Å²) < 4.78 is 17.2. The summed E-state index contributed by atoms with van der Waals surface area (Å²) in [5.41, 5.74) is 0. The zero-order valence-electron chi connectivity index (χ0n) is 39.2. The van der Waals surface area contributed by atoms with Gasteiger partial charge in [0, 0.05) is 13.0 Å². The highest BCUT2D eigenvalue weighted by molar-refractivity contribution is 5.71. The van der Waals surface area contributed by atoms with Gasteiger partial charge in [-0.2, -0.15) is 0 Å². The maximum Gasteiger partial charge on any atom is 0.309 e. The van der Waals surface area contributed by atoms with Gasteiger partial charge >= 0.3 is 11.9 Å². The summed E-state index contributed by atoms with van der Waals surface area (Å²) in [4.78, 5) is 25.3. The van der Waals surface area contributed by atoms with Crippen LogP contribution >= 0.6 is 0 Å². The molecule has 0 aromatic carbocycles. The van der Waals surface area contributed by atoms with Gasteiger partial charge in [0.1, 0.15) is 6.61 Å². The van der Waals surface area contributed by atoms with E-state index in [0.29, 0.717) is 13.0 Å². The molecular formula is C55H92O5. The molecule has 60 heavy (non-hydrogen) atoms. The van der Waals surface area contributed by atoms with Crippen LogP contribution in [0.25, 0.3) is 0 Å². The van der Waals surface area contributed by atoms with E-state index in [9.17, 15) is 9.59 Å². The molecular weight excluding hydrogens is 741 g/mol. The van der Waals surface area contributed by atoms with Crippen molar-refractivity contribution in [2.24, 2.45) is 0 Å². The molecule has 0 saturated heterocycles. The molecule has 0 heterocycles. The summed E-state index contributed by atoms with van der Waals surface area (Å²) in [6.07, 6.45) is 67.3. The summed E-state index contributed by atoms with van der Waals surface area (Å²) in [5.74, 6) is -0.579. The number of allylic oxidation sites excluding steroid dienone is 15. The molecule has 0 N–H and O–H groups in total. The zero-order chi connectivity index (χ0) is 43.5. The topological polar surface area (TPSA) is 61.8 Å². The average Bonchev–Trinajstić information content (AvgIpc) is 3.25. The van der Waals surface area contributed by atoms with E-state index in [0.717, 1.165) is 89.9 Å². The van der Waals surface area contributed by atoms with Gasteiger partial charge in [-0.05, 0) is 77.0 Å². The Morgan fingerprint density at radius 1 is 0.400 bits per heavy atom. The van der Waals surface area contributed by atoms with Crippen molar-refractivity contribution in [3.8, 4) is 0 Å². The van der Waals surface area contributed by atoms with E-state index in [1.165, 1.54) is 89.9 Å². The van der Waals surface area contributed by atoms with Crippen LogP contribution in [0.1, 0.15) is 213 Å². The molecule has 5 nitrogen and oxygen atoms in total. The number of carbonyl (C=O) groups excluding carboxylic acids is 2. The highest BCUT2D eigenvalue weighted by Gasteiger charge is 2.17. The second-order valence-corrected chi connectivity index (χ2v) is 16.0. The molecule has 5 heteroatoms. The fraction of sp³-hybridized carbons (Fsp3) is 0.673. The standard InChI is InChI=1S/C55H92O5/c1-4-7-10-13-16-19-22-25-27-29-32-35-38-41-44-47-50-58-51-53(60-55(57)49-46-43-40-37-34-30-24-21-18-15-12-9-6-3)52-59-54(56)48-45-42-39-36-33-31-28-26-23-20-17-14-11-8-5-2/h8-9,11-12,17-18,20-21,26,28,30,33-34,36,42,45,53H,4-7,10,13-16,19,22-25,27,29,31-32,35,37-41,43-44,46-52H2,1-3H3/b11-8-,12-9-,20-17-,21-18-,28-26-,34-30-,36-33-,45-42-. The van der Waals surface area contributed by atoms with E-state index in [1.807, 2.05) is 12.2 Å². The second-order valence-electron chi connectivity index (χ2n) is 16.0. The van der Waals surface area contributed by atoms with E-state index in [1.54, 1.807) is 0 Å². The normalized spacial score (nSPS) is 13.1. The number of unbranched alkanes of at least 4 members (excludes halogenated alkanes) is 18. The third-order valence-corrected chi connectivity index (χ3v) is 10.1. The molecule has 0 rings (SSSR count). The lowest BCUT2D eigenvalue weighted by atomic mass is 10.0. The Balaban J connectivity index is 4.42. The van der Waals surface area contributed by atoms with Crippen molar-refractivity contribution in [1.82, 2.24) is 0 Å². The maximum atomic E-state index is 12.7. The fourth-order valence-electron chi connectivity index (χ4n) is 6.54. The smallest absolute Gasteiger partial charge is 0.309 e. The van der Waals surface area contributed by atoms with Crippen LogP contribution < -0.4 is 0 Å². The summed E-state index contributed by atoms with van der Waals surface area (Å²) in [6, 6.07) is 0. The summed E-state index contributed by atoms with van der Waals surface area (Å²) in [7, 11) is 0. The summed E-state index contributed by atoms with van der Waals surface area (Å²) in [5, 5.41) is 0. The lowest BCUT2D eigenvalue weighted by Crippen LogP contribution is -2.30. The Morgan fingerprint density at radius 3 is 1.27 bits per heavy atom. The van der Waals surface area contributed by atoms with Gasteiger partial charge in [-0.3, -0.25) is 9.59 Å². The van der Waals surface area contributed by atoms with Crippen LogP contribution in [-0.2, 0) is 23.8 Å². The molecule has 1 unspecified atom stereocenters. The lowest BCUT2D eigenvalue weighted by Gasteiger charge is -2.18. The minimum atomic E-state index is -0.593. The SMILES string of the molecule is CC/C=C\C/C=C\C/C=C\C/C=C\C/C=C\CC(=O)OCC(COCCCCCCCCCCCCCCCCCC)OC(=O)CCCCC/C=C\C/C=C\C/C=C\CC. The van der Waals surface area contributed by atoms with Crippen LogP contribution in [0, 0.1) is 0 Å². The zero-order valence-corrected chi connectivity index (χ0v) is 39.2. The van der Waals surface area contributed by atoms with Crippen LogP contribution in [0.5, 0.6) is 0 Å². The molecule has 342 valence electrons. The first-order valence-electron chi connectivity index (χ1n) is 24.8. The van der Waals surface area contributed by atoms with E-state index < -0.39 is 6.10 Å². The number of esters is 2. The molecule has 0 radical (unpaired) electrons. The quantitative estimate of drug-likeness (QED) is 0.0348. The number of hydrogen-bond donors (Lipinski definition) is 0. The molecule has 0 saturated carbocycles. The van der Waals surface area contributed by atoms with Crippen molar-refractivity contribution in [1.29, 1.82) is 0 Å². The van der Waals surface area contributed by atoms with Crippen LogP contribution in [0.2, 0.25) is 0 Å². The van der Waals surface area contributed by atoms with Gasteiger partial charge < -0.3 is 14.2 Å². The Hall–Kier alpha value is -3.18. The minimum Gasteiger partial charge on any atom is -0.461 e. The number of ether oxygens (including phenoxy) is 3. The molecule has 0 fully saturated rings. The first kappa shape index (κ1) is 56.8. The maximum absolute atomic E-state index is 12.7. The number of carbonyl (C=O) groups is 2. The molecule has 0 bridgehead atoms. The first-order chi connectivity index (χ1) is 29.6. The van der Waals surface area contributed by atoms with E-state index >= 15 is 0 Å². The van der Waals surface area contributed by atoms with Crippen LogP contribution in [0.4, 0.5) is 0 Å². The van der Waals surface area contributed by atoms with Gasteiger partial charge in [0.2, 0.25) is 0 Å². The van der Waals surface area contributed by atoms with Gasteiger partial charge in [0.25, 0.3) is 0 Å². The molecule has 0 aliphatic carbocycles. The van der Waals surface area contributed by atoms with Gasteiger partial charge in [0.15, 0.2) is 6.10 Å². The largest absolute Gasteiger partial charge is 0.461 e. The third kappa shape index (κ3) is 47.5. The van der Waals surface area contributed by atoms with Crippen LogP contribution in [0.3, 0.4) is 0 Å². The van der Waals surface area contributed by atoms with Crippen molar-refractivity contribution < 1.29 is 23.8 Å². The molecule has 0 aliphatic heterocycles. The van der Waals surface area contributed by atoms with Crippen molar-refractivity contribution >= 4 is 11.9 Å². The Labute approximate surface area is 371 Å². The predicted molar refractivity (Wildman–Crippen MR) is 260 cm³/mol. The summed E-state index contributed by atoms with van der Waals surface area (Å²) in [6.45, 7) is 7.46. The molecule has 0 spiro atoms. The summed E-state index contributed by atoms with van der Waals surface area (Å²) >= 11 is 0. The second kappa shape index (κ2) is 50.2. The Bertz CT molecular complexity index is 1170. The fourth-order valence-corrected chi connectivity index (χ4v) is 6.54. The Morgan fingerprint density at radius 2 is 0.800 bits per heavy atom. The number of rotatable bonds is 44. The van der Waals surface area contributed by atoms with Crippen LogP contribution in [-0.4, -0.2) is 37.9 Å². The molecule has 0 aromatic heterocycles. The Kier molecular flexibility index (Phi) is 47.5. The van der Waals surface area contributed by atoms with Gasteiger partial charge in [0.05, 0.1) is 13.0 Å². The minimum absolute atomic E-state index is 0.0162. The lowest BCUT2D eigenvalue weighted by molar-refractivity contribution is -0.162. The average molecular weight is 833 g/mol. The van der Waals surface area contributed by atoms with Crippen molar-refractivity contribution in [2.75, 3.05) is 19.8 Å². The number of hydrogen-bond acceptors (Lipinski definition) is 5. The van der Waals surface area contributed by atoms with E-state index in [2.05, 4.69) is 106 Å². The predicted octanol–water partition coefficient (Wildman–Crippen LogP) is 16.7. The van der Waals surface area contributed by atoms with Crippen molar-refractivity contribution in [2.45, 2.75) is 219 Å².